The van der Waals surface area contributed by atoms with E-state index in [4.69, 9.17) is 9.18 Å². The predicted molar refractivity (Wildman–Crippen MR) is 123 cm³/mol. The summed E-state index contributed by atoms with van der Waals surface area (Å²) in [6.45, 7) is 0. The van der Waals surface area contributed by atoms with Gasteiger partial charge in [-0.05, 0) is 22.3 Å². The van der Waals surface area contributed by atoms with Gasteiger partial charge in [0.1, 0.15) is 0 Å². The maximum atomic E-state index is 6.77. The van der Waals surface area contributed by atoms with Gasteiger partial charge in [-0.1, -0.05) is 109 Å². The molecule has 6 rings (SSSR count). The number of hydrogen-bond donors (Lipinski definition) is 0. The third kappa shape index (κ3) is 2.40. The van der Waals surface area contributed by atoms with Gasteiger partial charge in [0, 0.05) is 29.4 Å². The quantitative estimate of drug-likeness (QED) is 0.352. The van der Waals surface area contributed by atoms with E-state index in [1.54, 1.807) is 0 Å². The highest BCUT2D eigenvalue weighted by Crippen LogP contribution is 2.57. The van der Waals surface area contributed by atoms with E-state index in [0.29, 0.717) is 0 Å². The molecule has 1 aliphatic heterocycles. The van der Waals surface area contributed by atoms with E-state index < -0.39 is 10.5 Å². The molecule has 0 unspecified atom stereocenters. The van der Waals surface area contributed by atoms with Gasteiger partial charge < -0.3 is 0 Å². The Balaban J connectivity index is 1.57. The van der Waals surface area contributed by atoms with Crippen molar-refractivity contribution in [3.05, 3.63) is 131 Å². The van der Waals surface area contributed by atoms with Crippen LogP contribution in [0.2, 0.25) is 0 Å². The first kappa shape index (κ1) is 17.7. The molecule has 1 heterocycles. The summed E-state index contributed by atoms with van der Waals surface area (Å²) in [5, 5.41) is 0. The van der Waals surface area contributed by atoms with Crippen LogP contribution in [0.3, 0.4) is 0 Å². The number of nitrogens with zero attached hydrogens (tertiary/aromatic N) is 1. The van der Waals surface area contributed by atoms with E-state index >= 15 is 0 Å². The van der Waals surface area contributed by atoms with Crippen LogP contribution in [0.15, 0.2) is 114 Å². The number of aliphatic imine (C=N–C) groups is 1. The summed E-state index contributed by atoms with van der Waals surface area (Å²) in [7, 11) is 0. The van der Waals surface area contributed by atoms with Gasteiger partial charge in [-0.3, -0.25) is 9.18 Å². The Morgan fingerprint density at radius 3 is 1.50 bits per heavy atom. The fourth-order valence-corrected chi connectivity index (χ4v) is 5.58. The van der Waals surface area contributed by atoms with E-state index in [9.17, 15) is 0 Å². The summed E-state index contributed by atoms with van der Waals surface area (Å²) in [5.74, 6) is 0. The van der Waals surface area contributed by atoms with Gasteiger partial charge in [0.15, 0.2) is 10.5 Å². The van der Waals surface area contributed by atoms with Crippen LogP contribution >= 0.6 is 12.0 Å². The zero-order valence-electron chi connectivity index (χ0n) is 16.2. The Bertz CT molecular complexity index is 1160. The lowest BCUT2D eigenvalue weighted by molar-refractivity contribution is 0.225. The third-order valence-corrected chi connectivity index (χ3v) is 7.16. The summed E-state index contributed by atoms with van der Waals surface area (Å²) in [4.78, 5) is 4.61. The minimum Gasteiger partial charge on any atom is -0.290 e. The van der Waals surface area contributed by atoms with Crippen molar-refractivity contribution in [2.45, 2.75) is 10.5 Å². The fourth-order valence-electron chi connectivity index (χ4n) is 4.55. The topological polar surface area (TPSA) is 21.6 Å². The summed E-state index contributed by atoms with van der Waals surface area (Å²) >= 11 is 1.44. The van der Waals surface area contributed by atoms with E-state index in [2.05, 4.69) is 97.1 Å². The molecule has 144 valence electrons. The van der Waals surface area contributed by atoms with Gasteiger partial charge in [0.2, 0.25) is 0 Å². The van der Waals surface area contributed by atoms with E-state index in [0.717, 1.165) is 22.3 Å². The SMILES string of the molecule is C1=NC(c2ccccc2)(c2ccccc2)SOC12c1ccccc1-c1ccccc12. The lowest BCUT2D eigenvalue weighted by Crippen LogP contribution is -2.37. The molecular formula is C27H19NOS. The zero-order chi connectivity index (χ0) is 20.0. The van der Waals surface area contributed by atoms with E-state index in [1.807, 2.05) is 18.3 Å². The van der Waals surface area contributed by atoms with Crippen LogP contribution in [-0.4, -0.2) is 6.21 Å². The van der Waals surface area contributed by atoms with Crippen LogP contribution in [0.5, 0.6) is 0 Å². The molecule has 0 bridgehead atoms. The molecule has 3 heteroatoms. The standard InChI is InChI=1S/C27H19NOS/c1-3-11-20(12-4-1)27(21-13-5-2-6-14-21)28-19-26(29-30-27)24-17-9-7-15-22(24)23-16-8-10-18-25(23)26/h1-19H. The van der Waals surface area contributed by atoms with Crippen LogP contribution in [0.4, 0.5) is 0 Å². The van der Waals surface area contributed by atoms with Gasteiger partial charge in [-0.25, -0.2) is 0 Å². The van der Waals surface area contributed by atoms with Crippen molar-refractivity contribution in [3.8, 4) is 11.1 Å². The molecule has 4 aromatic carbocycles. The van der Waals surface area contributed by atoms with Crippen molar-refractivity contribution < 1.29 is 4.18 Å². The maximum absolute atomic E-state index is 6.77. The Labute approximate surface area is 180 Å². The van der Waals surface area contributed by atoms with Crippen molar-refractivity contribution >= 4 is 18.3 Å². The first-order chi connectivity index (χ1) is 14.8. The molecule has 30 heavy (non-hydrogen) atoms. The molecule has 0 fully saturated rings. The molecule has 4 aromatic rings. The average molecular weight is 406 g/mol. The highest BCUT2D eigenvalue weighted by Gasteiger charge is 2.50. The summed E-state index contributed by atoms with van der Waals surface area (Å²) in [6.07, 6.45) is 2.02. The van der Waals surface area contributed by atoms with Crippen LogP contribution in [0.25, 0.3) is 11.1 Å². The highest BCUT2D eigenvalue weighted by molar-refractivity contribution is 7.96. The van der Waals surface area contributed by atoms with Crippen molar-refractivity contribution in [1.82, 2.24) is 0 Å². The second-order valence-electron chi connectivity index (χ2n) is 7.63. The Morgan fingerprint density at radius 2 is 1.03 bits per heavy atom. The Kier molecular flexibility index (Phi) is 3.95. The number of benzene rings is 4. The second kappa shape index (κ2) is 6.69. The molecule has 0 saturated carbocycles. The molecular weight excluding hydrogens is 386 g/mol. The second-order valence-corrected chi connectivity index (χ2v) is 8.55. The van der Waals surface area contributed by atoms with E-state index in [-0.39, 0.29) is 0 Å². The van der Waals surface area contributed by atoms with Gasteiger partial charge in [0.25, 0.3) is 0 Å². The third-order valence-electron chi connectivity index (χ3n) is 6.00. The normalized spacial score (nSPS) is 17.5. The van der Waals surface area contributed by atoms with E-state index in [1.165, 1.54) is 23.2 Å². The molecule has 1 aliphatic carbocycles. The molecule has 0 atom stereocenters. The van der Waals surface area contributed by atoms with Gasteiger partial charge in [-0.15, -0.1) is 0 Å². The lowest BCUT2D eigenvalue weighted by atomic mass is 9.91. The monoisotopic (exact) mass is 405 g/mol. The highest BCUT2D eigenvalue weighted by atomic mass is 32.2. The Morgan fingerprint density at radius 1 is 0.567 bits per heavy atom. The summed E-state index contributed by atoms with van der Waals surface area (Å²) < 4.78 is 6.77. The number of hydrogen-bond acceptors (Lipinski definition) is 3. The molecule has 0 radical (unpaired) electrons. The van der Waals surface area contributed by atoms with Gasteiger partial charge in [-0.2, -0.15) is 0 Å². The number of fused-ring (bicyclic) bond motifs is 5. The molecule has 0 amide bonds. The summed E-state index contributed by atoms with van der Waals surface area (Å²) in [5.41, 5.74) is 6.26. The molecule has 2 aliphatic rings. The Hall–Kier alpha value is -3.14. The molecule has 2 nitrogen and oxygen atoms in total. The largest absolute Gasteiger partial charge is 0.290 e. The van der Waals surface area contributed by atoms with Crippen molar-refractivity contribution in [2.24, 2.45) is 4.99 Å². The lowest BCUT2D eigenvalue weighted by Gasteiger charge is -2.39. The maximum Gasteiger partial charge on any atom is 0.181 e. The molecule has 0 N–H and O–H groups in total. The minimum absolute atomic E-state index is 0.639. The first-order valence-electron chi connectivity index (χ1n) is 10.1. The molecule has 0 aromatic heterocycles. The minimum atomic E-state index is -0.676. The van der Waals surface area contributed by atoms with Crippen LogP contribution in [0, 0.1) is 0 Å². The predicted octanol–water partition coefficient (Wildman–Crippen LogP) is 6.56. The molecule has 0 saturated heterocycles. The van der Waals surface area contributed by atoms with Gasteiger partial charge in [0.05, 0.1) is 0 Å². The zero-order valence-corrected chi connectivity index (χ0v) is 17.0. The van der Waals surface area contributed by atoms with Crippen molar-refractivity contribution in [3.63, 3.8) is 0 Å². The average Bonchev–Trinajstić information content (AvgIpc) is 3.11. The van der Waals surface area contributed by atoms with Crippen molar-refractivity contribution in [1.29, 1.82) is 0 Å². The van der Waals surface area contributed by atoms with Crippen LogP contribution in [-0.2, 0) is 14.7 Å². The number of rotatable bonds is 2. The van der Waals surface area contributed by atoms with Crippen LogP contribution in [0.1, 0.15) is 22.3 Å². The first-order valence-corrected chi connectivity index (χ1v) is 10.8. The van der Waals surface area contributed by atoms with Gasteiger partial charge >= 0.3 is 0 Å². The van der Waals surface area contributed by atoms with Crippen LogP contribution < -0.4 is 0 Å². The smallest absolute Gasteiger partial charge is 0.181 e. The fraction of sp³-hybridized carbons (Fsp3) is 0.0741. The van der Waals surface area contributed by atoms with Crippen molar-refractivity contribution in [2.75, 3.05) is 0 Å². The molecule has 1 spiro atoms. The summed E-state index contributed by atoms with van der Waals surface area (Å²) in [6, 6.07) is 37.7.